The summed E-state index contributed by atoms with van der Waals surface area (Å²) >= 11 is 2.82. The van der Waals surface area contributed by atoms with Crippen LogP contribution in [0, 0.1) is 29.5 Å². The SMILES string of the molecule is CC(C)COc1ccc(-c2ccc(-c3ccc(-c4ccc(-c5ccc(OCC(C)C)c(OCC(C)C)c5)s4)c4nsnc34)c(F)c2)cc1OCC(C)C. The normalized spacial score (nSPS) is 11.7. The van der Waals surface area contributed by atoms with E-state index < -0.39 is 0 Å². The van der Waals surface area contributed by atoms with Crippen LogP contribution in [-0.2, 0) is 0 Å². The van der Waals surface area contributed by atoms with Crippen LogP contribution >= 0.6 is 23.1 Å². The van der Waals surface area contributed by atoms with Crippen molar-refractivity contribution in [3.05, 3.63) is 84.7 Å². The lowest BCUT2D eigenvalue weighted by Gasteiger charge is -2.17. The lowest BCUT2D eigenvalue weighted by Crippen LogP contribution is -2.09. The first-order valence-electron chi connectivity index (χ1n) is 18.4. The number of ether oxygens (including phenoxy) is 4. The van der Waals surface area contributed by atoms with Gasteiger partial charge >= 0.3 is 0 Å². The summed E-state index contributed by atoms with van der Waals surface area (Å²) in [5.74, 6) is 4.08. The maximum atomic E-state index is 16.0. The highest BCUT2D eigenvalue weighted by Gasteiger charge is 2.19. The fourth-order valence-corrected chi connectivity index (χ4v) is 7.27. The molecule has 2 heterocycles. The van der Waals surface area contributed by atoms with E-state index in [4.69, 9.17) is 18.9 Å². The molecular formula is C44H49FN2O4S2. The van der Waals surface area contributed by atoms with Crippen molar-refractivity contribution in [3.63, 3.8) is 0 Å². The molecule has 0 fully saturated rings. The molecule has 0 aliphatic carbocycles. The van der Waals surface area contributed by atoms with E-state index >= 15 is 4.39 Å². The minimum atomic E-state index is -0.330. The molecule has 2 aromatic heterocycles. The van der Waals surface area contributed by atoms with E-state index in [1.54, 1.807) is 17.4 Å². The second-order valence-electron chi connectivity index (χ2n) is 15.1. The van der Waals surface area contributed by atoms with E-state index in [2.05, 4.69) is 88.4 Å². The monoisotopic (exact) mass is 752 g/mol. The predicted octanol–water partition coefficient (Wildman–Crippen LogP) is 12.7. The van der Waals surface area contributed by atoms with Gasteiger partial charge in [0.15, 0.2) is 23.0 Å². The molecule has 0 saturated heterocycles. The summed E-state index contributed by atoms with van der Waals surface area (Å²) in [6.07, 6.45) is 0. The molecule has 0 radical (unpaired) electrons. The Kier molecular flexibility index (Phi) is 12.4. The van der Waals surface area contributed by atoms with Crippen LogP contribution in [0.4, 0.5) is 4.39 Å². The molecule has 0 aliphatic rings. The van der Waals surface area contributed by atoms with Crippen LogP contribution in [0.3, 0.4) is 0 Å². The summed E-state index contributed by atoms with van der Waals surface area (Å²) in [6, 6.07) is 25.5. The first-order valence-corrected chi connectivity index (χ1v) is 20.0. The van der Waals surface area contributed by atoms with Crippen molar-refractivity contribution >= 4 is 34.1 Å². The zero-order valence-corrected chi connectivity index (χ0v) is 33.5. The molecule has 0 aliphatic heterocycles. The van der Waals surface area contributed by atoms with Crippen LogP contribution in [0.2, 0.25) is 0 Å². The van der Waals surface area contributed by atoms with Gasteiger partial charge in [0, 0.05) is 26.4 Å². The molecule has 278 valence electrons. The largest absolute Gasteiger partial charge is 0.489 e. The van der Waals surface area contributed by atoms with Crippen molar-refractivity contribution in [2.24, 2.45) is 23.7 Å². The fraction of sp³-hybridized carbons (Fsp3) is 0.364. The molecular weight excluding hydrogens is 704 g/mol. The molecule has 6 aromatic rings. The van der Waals surface area contributed by atoms with Gasteiger partial charge in [-0.05, 0) is 88.9 Å². The highest BCUT2D eigenvalue weighted by Crippen LogP contribution is 2.43. The molecule has 6 nitrogen and oxygen atoms in total. The van der Waals surface area contributed by atoms with Crippen molar-refractivity contribution in [2.45, 2.75) is 55.4 Å². The summed E-state index contributed by atoms with van der Waals surface area (Å²) in [6.45, 7) is 19.4. The topological polar surface area (TPSA) is 62.7 Å². The molecule has 53 heavy (non-hydrogen) atoms. The number of fused-ring (bicyclic) bond motifs is 1. The van der Waals surface area contributed by atoms with E-state index in [-0.39, 0.29) is 5.82 Å². The number of hydrogen-bond donors (Lipinski definition) is 0. The summed E-state index contributed by atoms with van der Waals surface area (Å²) < 4.78 is 49.8. The number of aromatic nitrogens is 2. The third-order valence-electron chi connectivity index (χ3n) is 8.34. The number of benzene rings is 4. The Hall–Kier alpha value is -4.47. The first-order chi connectivity index (χ1) is 25.5. The van der Waals surface area contributed by atoms with E-state index in [1.807, 2.05) is 48.5 Å². The maximum Gasteiger partial charge on any atom is 0.161 e. The highest BCUT2D eigenvalue weighted by molar-refractivity contribution is 7.19. The molecule has 6 rings (SSSR count). The quantitative estimate of drug-likeness (QED) is 0.0981. The third-order valence-corrected chi connectivity index (χ3v) is 10.0. The Morgan fingerprint density at radius 1 is 0.472 bits per heavy atom. The van der Waals surface area contributed by atoms with Gasteiger partial charge < -0.3 is 18.9 Å². The first kappa shape index (κ1) is 38.3. The van der Waals surface area contributed by atoms with Crippen molar-refractivity contribution in [1.82, 2.24) is 8.75 Å². The maximum absolute atomic E-state index is 16.0. The standard InChI is InChI=1S/C44H49FN2O4S2/c1-26(2)22-48-37-15-10-31(20-39(37)50-24-28(5)6)30-9-12-33(36(45)19-30)34-13-14-35(44-43(34)46-53-47-44)42-18-17-41(52-42)32-11-16-38(49-23-27(3)4)40(21-32)51-25-29(7)8/h9-21,26-29H,22-25H2,1-8H3. The fourth-order valence-electron chi connectivity index (χ4n) is 5.67. The van der Waals surface area contributed by atoms with Gasteiger partial charge in [-0.3, -0.25) is 0 Å². The number of nitrogens with zero attached hydrogens (tertiary/aromatic N) is 2. The summed E-state index contributed by atoms with van der Waals surface area (Å²) in [7, 11) is 0. The van der Waals surface area contributed by atoms with Crippen LogP contribution in [0.25, 0.3) is 54.2 Å². The van der Waals surface area contributed by atoms with Gasteiger partial charge in [-0.2, -0.15) is 8.75 Å². The van der Waals surface area contributed by atoms with Crippen LogP contribution in [-0.4, -0.2) is 35.2 Å². The van der Waals surface area contributed by atoms with Crippen LogP contribution in [0.1, 0.15) is 55.4 Å². The van der Waals surface area contributed by atoms with E-state index in [0.717, 1.165) is 60.8 Å². The van der Waals surface area contributed by atoms with E-state index in [0.29, 0.717) is 78.2 Å². The van der Waals surface area contributed by atoms with Crippen LogP contribution in [0.15, 0.2) is 78.9 Å². The van der Waals surface area contributed by atoms with Gasteiger partial charge in [0.2, 0.25) is 0 Å². The summed E-state index contributed by atoms with van der Waals surface area (Å²) in [4.78, 5) is 2.16. The Morgan fingerprint density at radius 3 is 1.47 bits per heavy atom. The number of halogens is 1. The van der Waals surface area contributed by atoms with Crippen molar-refractivity contribution < 1.29 is 23.3 Å². The average Bonchev–Trinajstić information content (AvgIpc) is 3.82. The predicted molar refractivity (Wildman–Crippen MR) is 218 cm³/mol. The third kappa shape index (κ3) is 9.37. The van der Waals surface area contributed by atoms with Crippen molar-refractivity contribution in [2.75, 3.05) is 26.4 Å². The van der Waals surface area contributed by atoms with Gasteiger partial charge in [-0.1, -0.05) is 85.7 Å². The second kappa shape index (κ2) is 17.1. The summed E-state index contributed by atoms with van der Waals surface area (Å²) in [5.41, 5.74) is 6.25. The summed E-state index contributed by atoms with van der Waals surface area (Å²) in [5, 5.41) is 0. The molecule has 0 unspecified atom stereocenters. The minimum Gasteiger partial charge on any atom is -0.489 e. The van der Waals surface area contributed by atoms with Gasteiger partial charge in [-0.15, -0.1) is 11.3 Å². The van der Waals surface area contributed by atoms with Gasteiger partial charge in [0.25, 0.3) is 0 Å². The molecule has 0 amide bonds. The molecule has 0 N–H and O–H groups in total. The highest BCUT2D eigenvalue weighted by atomic mass is 32.1. The lowest BCUT2D eigenvalue weighted by molar-refractivity contribution is 0.229. The van der Waals surface area contributed by atoms with Gasteiger partial charge in [0.05, 0.1) is 38.2 Å². The number of hydrogen-bond acceptors (Lipinski definition) is 8. The Morgan fingerprint density at radius 2 is 0.906 bits per heavy atom. The Bertz CT molecular complexity index is 2150. The minimum absolute atomic E-state index is 0.330. The molecule has 0 saturated carbocycles. The Balaban J connectivity index is 1.27. The average molecular weight is 753 g/mol. The van der Waals surface area contributed by atoms with Crippen molar-refractivity contribution in [3.8, 4) is 66.1 Å². The van der Waals surface area contributed by atoms with E-state index in [9.17, 15) is 0 Å². The molecule has 0 bridgehead atoms. The second-order valence-corrected chi connectivity index (χ2v) is 16.7. The van der Waals surface area contributed by atoms with Crippen LogP contribution in [0.5, 0.6) is 23.0 Å². The number of thiophene rings is 1. The lowest BCUT2D eigenvalue weighted by atomic mass is 9.97. The zero-order valence-electron chi connectivity index (χ0n) is 31.9. The van der Waals surface area contributed by atoms with Gasteiger partial charge in [0.1, 0.15) is 16.9 Å². The van der Waals surface area contributed by atoms with Gasteiger partial charge in [-0.25, -0.2) is 4.39 Å². The van der Waals surface area contributed by atoms with Crippen molar-refractivity contribution in [1.29, 1.82) is 0 Å². The van der Waals surface area contributed by atoms with E-state index in [1.165, 1.54) is 0 Å². The molecule has 0 atom stereocenters. The molecule has 0 spiro atoms. The molecule has 9 heteroatoms. The zero-order chi connectivity index (χ0) is 37.6. The smallest absolute Gasteiger partial charge is 0.161 e. The Labute approximate surface area is 321 Å². The molecule has 4 aromatic carbocycles. The number of rotatable bonds is 16. The van der Waals surface area contributed by atoms with Crippen LogP contribution < -0.4 is 18.9 Å².